The molecule has 0 heterocycles. The van der Waals surface area contributed by atoms with Gasteiger partial charge in [0.05, 0.1) is 6.10 Å². The Bertz CT molecular complexity index is 501. The number of carbonyl (C=O) groups is 1. The predicted octanol–water partition coefficient (Wildman–Crippen LogP) is 4.92. The molecule has 2 bridgehead atoms. The molecule has 0 spiro atoms. The fourth-order valence-electron chi connectivity index (χ4n) is 5.19. The van der Waals surface area contributed by atoms with Gasteiger partial charge in [-0.2, -0.15) is 0 Å². The molecule has 0 aromatic carbocycles. The summed E-state index contributed by atoms with van der Waals surface area (Å²) in [7, 11) is -1.93. The molecule has 3 nitrogen and oxygen atoms in total. The predicted molar refractivity (Wildman–Crippen MR) is 105 cm³/mol. The topological polar surface area (TPSA) is 46.5 Å². The van der Waals surface area contributed by atoms with Crippen molar-refractivity contribution in [1.82, 2.24) is 0 Å². The lowest BCUT2D eigenvalue weighted by molar-refractivity contribution is -0.152. The lowest BCUT2D eigenvalue weighted by Crippen LogP contribution is -2.61. The summed E-state index contributed by atoms with van der Waals surface area (Å²) in [5.41, 5.74) is -0.836. The number of Topliss-reactive ketones (excluding diaryl/α,β-unsaturated/α-hetero) is 1. The third kappa shape index (κ3) is 2.97. The molecule has 0 aromatic heterocycles. The number of hydrogen-bond donors (Lipinski definition) is 1. The number of aliphatic hydroxyl groups is 1. The van der Waals surface area contributed by atoms with E-state index < -0.39 is 24.8 Å². The fraction of sp³-hybridized carbons (Fsp3) is 0.947. The van der Waals surface area contributed by atoms with Gasteiger partial charge in [-0.15, -0.1) is 0 Å². The average molecular weight is 419 g/mol. The van der Waals surface area contributed by atoms with Gasteiger partial charge < -0.3 is 9.53 Å². The van der Waals surface area contributed by atoms with Crippen molar-refractivity contribution >= 4 is 30.0 Å². The smallest absolute Gasteiger partial charge is 0.185 e. The number of fused-ring (bicyclic) bond motifs is 2. The molecule has 5 heteroatoms. The van der Waals surface area contributed by atoms with Crippen LogP contribution >= 0.6 is 15.9 Å². The molecule has 2 aliphatic rings. The molecule has 140 valence electrons. The van der Waals surface area contributed by atoms with Gasteiger partial charge in [-0.3, -0.25) is 4.79 Å². The van der Waals surface area contributed by atoms with E-state index in [2.05, 4.69) is 56.3 Å². The molecule has 2 saturated carbocycles. The largest absolute Gasteiger partial charge is 0.404 e. The number of carbonyl (C=O) groups excluding carboxylic acids is 1. The van der Waals surface area contributed by atoms with Crippen LogP contribution in [0, 0.1) is 16.7 Å². The van der Waals surface area contributed by atoms with Crippen LogP contribution in [-0.4, -0.2) is 35.7 Å². The van der Waals surface area contributed by atoms with Crippen molar-refractivity contribution in [2.45, 2.75) is 96.0 Å². The van der Waals surface area contributed by atoms with Crippen molar-refractivity contribution in [2.24, 2.45) is 16.7 Å². The van der Waals surface area contributed by atoms with Crippen molar-refractivity contribution in [1.29, 1.82) is 0 Å². The molecule has 2 rings (SSSR count). The molecule has 2 aliphatic carbocycles. The Morgan fingerprint density at radius 2 is 1.92 bits per heavy atom. The lowest BCUT2D eigenvalue weighted by atomic mass is 9.62. The van der Waals surface area contributed by atoms with Crippen molar-refractivity contribution in [3.8, 4) is 0 Å². The molecular formula is C19H35BrO3Si. The minimum atomic E-state index is -1.93. The van der Waals surface area contributed by atoms with E-state index in [9.17, 15) is 9.90 Å². The molecule has 0 amide bonds. The van der Waals surface area contributed by atoms with E-state index in [-0.39, 0.29) is 16.6 Å². The summed E-state index contributed by atoms with van der Waals surface area (Å²) in [5, 5.41) is 10.4. The van der Waals surface area contributed by atoms with Gasteiger partial charge in [-0.05, 0) is 56.7 Å². The van der Waals surface area contributed by atoms with Gasteiger partial charge in [-0.25, -0.2) is 0 Å². The van der Waals surface area contributed by atoms with E-state index in [0.29, 0.717) is 12.3 Å². The van der Waals surface area contributed by atoms with Crippen LogP contribution in [0.15, 0.2) is 0 Å². The SMILES string of the molecule is CCC[C@H](O)[C@@H](Br)C(=O)[C@@]1(O[Si](C)(C)C)C[C@H]2CC[C@]1(C)C2(C)C. The van der Waals surface area contributed by atoms with Crippen LogP contribution in [0.1, 0.15) is 59.8 Å². The fourth-order valence-corrected chi connectivity index (χ4v) is 7.28. The first-order valence-electron chi connectivity index (χ1n) is 9.39. The highest BCUT2D eigenvalue weighted by molar-refractivity contribution is 9.10. The van der Waals surface area contributed by atoms with Crippen molar-refractivity contribution in [3.63, 3.8) is 0 Å². The molecule has 5 atom stereocenters. The number of hydrogen-bond acceptors (Lipinski definition) is 3. The molecule has 24 heavy (non-hydrogen) atoms. The second-order valence-electron chi connectivity index (χ2n) is 9.66. The minimum absolute atomic E-state index is 0.0728. The Morgan fingerprint density at radius 1 is 1.33 bits per heavy atom. The first kappa shape index (κ1) is 20.6. The summed E-state index contributed by atoms with van der Waals surface area (Å²) in [6.07, 6.45) is 3.87. The van der Waals surface area contributed by atoms with E-state index in [0.717, 1.165) is 19.3 Å². The first-order valence-corrected chi connectivity index (χ1v) is 13.7. The van der Waals surface area contributed by atoms with Crippen LogP contribution in [0.2, 0.25) is 19.6 Å². The third-order valence-electron chi connectivity index (χ3n) is 6.91. The highest BCUT2D eigenvalue weighted by Gasteiger charge is 2.73. The molecular weight excluding hydrogens is 384 g/mol. The van der Waals surface area contributed by atoms with Crippen molar-refractivity contribution in [2.75, 3.05) is 0 Å². The summed E-state index contributed by atoms with van der Waals surface area (Å²) in [5.74, 6) is 0.592. The van der Waals surface area contributed by atoms with Gasteiger partial charge >= 0.3 is 0 Å². The summed E-state index contributed by atoms with van der Waals surface area (Å²) in [6.45, 7) is 15.4. The lowest BCUT2D eigenvalue weighted by Gasteiger charge is -2.51. The third-order valence-corrected chi connectivity index (χ3v) is 8.90. The maximum Gasteiger partial charge on any atom is 0.185 e. The van der Waals surface area contributed by atoms with E-state index in [4.69, 9.17) is 4.43 Å². The Labute approximate surface area is 157 Å². The van der Waals surface area contributed by atoms with Gasteiger partial charge in [0, 0.05) is 5.41 Å². The Balaban J connectivity index is 2.46. The second-order valence-corrected chi connectivity index (χ2v) is 15.1. The Morgan fingerprint density at radius 3 is 2.29 bits per heavy atom. The van der Waals surface area contributed by atoms with Crippen molar-refractivity contribution in [3.05, 3.63) is 0 Å². The van der Waals surface area contributed by atoms with Gasteiger partial charge in [0.1, 0.15) is 10.4 Å². The zero-order valence-electron chi connectivity index (χ0n) is 16.4. The van der Waals surface area contributed by atoms with E-state index in [1.807, 2.05) is 6.92 Å². The Hall–Kier alpha value is 0.287. The number of halogens is 1. The van der Waals surface area contributed by atoms with Gasteiger partial charge in [0.2, 0.25) is 0 Å². The van der Waals surface area contributed by atoms with Crippen LogP contribution in [0.5, 0.6) is 0 Å². The standard InChI is InChI=1S/C19H35BrO3Si/c1-8-9-14(21)15(20)16(22)19(23-24(5,6)7)12-13-10-11-18(19,4)17(13,2)3/h13-15,21H,8-12H2,1-7H3/t13-,14+,15-,18-,19+/m1/s1. The van der Waals surface area contributed by atoms with Gasteiger partial charge in [0.15, 0.2) is 14.1 Å². The summed E-state index contributed by atoms with van der Waals surface area (Å²) in [4.78, 5) is 13.1. The number of aliphatic hydroxyl groups excluding tert-OH is 1. The van der Waals surface area contributed by atoms with E-state index in [1.54, 1.807) is 0 Å². The average Bonchev–Trinajstić information content (AvgIpc) is 2.76. The molecule has 0 aliphatic heterocycles. The molecule has 1 N–H and O–H groups in total. The summed E-state index contributed by atoms with van der Waals surface area (Å²) < 4.78 is 6.72. The zero-order chi connectivity index (χ0) is 18.6. The number of rotatable bonds is 7. The Kier molecular flexibility index (Phi) is 5.55. The molecule has 0 unspecified atom stereocenters. The van der Waals surface area contributed by atoms with Gasteiger partial charge in [-0.1, -0.05) is 50.0 Å². The molecule has 0 aromatic rings. The van der Waals surface area contributed by atoms with Crippen LogP contribution in [-0.2, 0) is 9.22 Å². The van der Waals surface area contributed by atoms with E-state index in [1.165, 1.54) is 6.42 Å². The minimum Gasteiger partial charge on any atom is -0.404 e. The maximum atomic E-state index is 13.6. The van der Waals surface area contributed by atoms with Crippen LogP contribution in [0.25, 0.3) is 0 Å². The van der Waals surface area contributed by atoms with Crippen molar-refractivity contribution < 1.29 is 14.3 Å². The van der Waals surface area contributed by atoms with E-state index >= 15 is 0 Å². The molecule has 0 radical (unpaired) electrons. The zero-order valence-corrected chi connectivity index (χ0v) is 19.0. The highest BCUT2D eigenvalue weighted by atomic mass is 79.9. The van der Waals surface area contributed by atoms with Gasteiger partial charge in [0.25, 0.3) is 0 Å². The number of ketones is 1. The highest BCUT2D eigenvalue weighted by Crippen LogP contribution is 2.71. The molecule has 0 saturated heterocycles. The van der Waals surface area contributed by atoms with Crippen LogP contribution in [0.4, 0.5) is 0 Å². The summed E-state index contributed by atoms with van der Waals surface area (Å²) in [6, 6.07) is 0. The first-order chi connectivity index (χ1) is 10.8. The molecule has 2 fully saturated rings. The number of alkyl halides is 1. The van der Waals surface area contributed by atoms with Crippen LogP contribution < -0.4 is 0 Å². The monoisotopic (exact) mass is 418 g/mol. The quantitative estimate of drug-likeness (QED) is 0.471. The second kappa shape index (κ2) is 6.47. The van der Waals surface area contributed by atoms with Crippen LogP contribution in [0.3, 0.4) is 0 Å². The maximum absolute atomic E-state index is 13.6. The summed E-state index contributed by atoms with van der Waals surface area (Å²) >= 11 is 3.53. The normalized spacial score (nSPS) is 37.5.